The summed E-state index contributed by atoms with van der Waals surface area (Å²) < 4.78 is 10.6. The van der Waals surface area contributed by atoms with Crippen molar-refractivity contribution in [3.8, 4) is 11.5 Å². The lowest BCUT2D eigenvalue weighted by Crippen LogP contribution is -2.40. The van der Waals surface area contributed by atoms with E-state index in [9.17, 15) is 0 Å². The van der Waals surface area contributed by atoms with Gasteiger partial charge in [-0.3, -0.25) is 0 Å². The molecule has 0 aliphatic heterocycles. The number of ether oxygens (including phenoxy) is 2. The van der Waals surface area contributed by atoms with Gasteiger partial charge in [0.15, 0.2) is 0 Å². The van der Waals surface area contributed by atoms with E-state index in [1.54, 1.807) is 14.2 Å². The van der Waals surface area contributed by atoms with E-state index in [0.29, 0.717) is 12.1 Å². The number of hydrogen-bond donors (Lipinski definition) is 2. The maximum Gasteiger partial charge on any atom is 0.118 e. The summed E-state index contributed by atoms with van der Waals surface area (Å²) in [6.07, 6.45) is 0. The Balaban J connectivity index is 0.00000364. The lowest BCUT2D eigenvalue weighted by molar-refractivity contribution is 0.340. The molecule has 6 heteroatoms. The zero-order chi connectivity index (χ0) is 19.1. The molecule has 0 heterocycles. The van der Waals surface area contributed by atoms with Gasteiger partial charge in [0.2, 0.25) is 0 Å². The summed E-state index contributed by atoms with van der Waals surface area (Å²) in [4.78, 5) is 0. The van der Waals surface area contributed by atoms with Gasteiger partial charge >= 0.3 is 0 Å². The third kappa shape index (κ3) is 7.51. The minimum atomic E-state index is 0. The molecule has 0 aliphatic rings. The van der Waals surface area contributed by atoms with Crippen molar-refractivity contribution in [3.05, 3.63) is 59.7 Å². The second kappa shape index (κ2) is 12.9. The highest BCUT2D eigenvalue weighted by Crippen LogP contribution is 2.32. The quantitative estimate of drug-likeness (QED) is 0.566. The molecule has 2 N–H and O–H groups in total. The van der Waals surface area contributed by atoms with Gasteiger partial charge in [-0.25, -0.2) is 0 Å². The molecule has 2 rings (SSSR count). The normalized spacial score (nSPS) is 12.7. The molecule has 2 aromatic carbocycles. The smallest absolute Gasteiger partial charge is 0.118 e. The summed E-state index contributed by atoms with van der Waals surface area (Å²) in [7, 11) is 3.39. The number of methoxy groups -OCH3 is 2. The van der Waals surface area contributed by atoms with Gasteiger partial charge in [-0.05, 0) is 35.4 Å². The number of hydrogen-bond acceptors (Lipinski definition) is 4. The van der Waals surface area contributed by atoms with Gasteiger partial charge in [-0.1, -0.05) is 52.0 Å². The molecular formula is C22H34Cl2N2O2. The predicted molar refractivity (Wildman–Crippen MR) is 123 cm³/mol. The summed E-state index contributed by atoms with van der Waals surface area (Å²) in [6.45, 7) is 8.71. The Morgan fingerprint density at radius 2 is 0.857 bits per heavy atom. The number of halogens is 2. The van der Waals surface area contributed by atoms with E-state index < -0.39 is 0 Å². The van der Waals surface area contributed by atoms with E-state index in [-0.39, 0.29) is 36.9 Å². The van der Waals surface area contributed by atoms with Crippen LogP contribution in [-0.2, 0) is 0 Å². The first-order valence-electron chi connectivity index (χ1n) is 9.24. The van der Waals surface area contributed by atoms with Gasteiger partial charge in [0, 0.05) is 12.1 Å². The summed E-state index contributed by atoms with van der Waals surface area (Å²) in [5.41, 5.74) is 2.46. The van der Waals surface area contributed by atoms with Crippen molar-refractivity contribution in [2.45, 2.75) is 51.9 Å². The molecule has 0 spiro atoms. The van der Waals surface area contributed by atoms with E-state index in [4.69, 9.17) is 9.47 Å². The Kier molecular flexibility index (Phi) is 12.2. The Bertz CT molecular complexity index is 602. The first-order chi connectivity index (χ1) is 12.4. The highest BCUT2D eigenvalue weighted by Gasteiger charge is 2.26. The number of rotatable bonds is 9. The molecular weight excluding hydrogens is 395 g/mol. The van der Waals surface area contributed by atoms with Crippen LogP contribution in [0.1, 0.15) is 50.9 Å². The lowest BCUT2D eigenvalue weighted by atomic mass is 9.92. The molecule has 0 fully saturated rings. The van der Waals surface area contributed by atoms with Crippen molar-refractivity contribution >= 4 is 24.8 Å². The molecule has 0 saturated carbocycles. The molecule has 0 bridgehead atoms. The van der Waals surface area contributed by atoms with Crippen LogP contribution in [0.3, 0.4) is 0 Å². The largest absolute Gasteiger partial charge is 0.497 e. The maximum absolute atomic E-state index is 5.32. The first kappa shape index (κ1) is 26.5. The van der Waals surface area contributed by atoms with Crippen LogP contribution in [0.5, 0.6) is 11.5 Å². The molecule has 0 aliphatic carbocycles. The number of nitrogens with one attached hydrogen (secondary N) is 2. The van der Waals surface area contributed by atoms with Crippen molar-refractivity contribution in [2.75, 3.05) is 14.2 Å². The highest BCUT2D eigenvalue weighted by atomic mass is 35.5. The third-order valence-electron chi connectivity index (χ3n) is 4.31. The van der Waals surface area contributed by atoms with Crippen molar-refractivity contribution in [2.24, 2.45) is 0 Å². The summed E-state index contributed by atoms with van der Waals surface area (Å²) in [5, 5.41) is 7.46. The van der Waals surface area contributed by atoms with Crippen LogP contribution in [0, 0.1) is 0 Å². The zero-order valence-corrected chi connectivity index (χ0v) is 19.2. The molecule has 2 aromatic rings. The van der Waals surface area contributed by atoms with Gasteiger partial charge in [0.25, 0.3) is 0 Å². The van der Waals surface area contributed by atoms with Gasteiger partial charge in [-0.2, -0.15) is 0 Å². The van der Waals surface area contributed by atoms with Crippen LogP contribution >= 0.6 is 24.8 Å². The fourth-order valence-electron chi connectivity index (χ4n) is 3.11. The fourth-order valence-corrected chi connectivity index (χ4v) is 3.11. The Morgan fingerprint density at radius 3 is 1.07 bits per heavy atom. The van der Waals surface area contributed by atoms with Crippen LogP contribution in [0.25, 0.3) is 0 Å². The minimum Gasteiger partial charge on any atom is -0.497 e. The van der Waals surface area contributed by atoms with E-state index in [2.05, 4.69) is 62.6 Å². The van der Waals surface area contributed by atoms with Crippen LogP contribution in [-0.4, -0.2) is 26.3 Å². The van der Waals surface area contributed by atoms with Gasteiger partial charge in [0.05, 0.1) is 26.3 Å². The average molecular weight is 429 g/mol. The standard InChI is InChI=1S/C22H32N2O2.2ClH/c1-15(2)23-21(17-7-11-19(25-5)12-8-17)22(24-16(3)4)18-9-13-20(26-6)14-10-18;;/h7-16,21-24H,1-6H3;2*1H. The zero-order valence-electron chi connectivity index (χ0n) is 17.6. The molecule has 0 aromatic heterocycles. The van der Waals surface area contributed by atoms with Crippen LogP contribution in [0.4, 0.5) is 0 Å². The summed E-state index contributed by atoms with van der Waals surface area (Å²) in [5.74, 6) is 1.74. The molecule has 28 heavy (non-hydrogen) atoms. The average Bonchev–Trinajstić information content (AvgIpc) is 2.64. The maximum atomic E-state index is 5.32. The van der Waals surface area contributed by atoms with Crippen molar-refractivity contribution in [3.63, 3.8) is 0 Å². The fraction of sp³-hybridized carbons (Fsp3) is 0.455. The minimum absolute atomic E-state index is 0. The van der Waals surface area contributed by atoms with Crippen molar-refractivity contribution in [1.29, 1.82) is 0 Å². The molecule has 0 radical (unpaired) electrons. The molecule has 158 valence electrons. The topological polar surface area (TPSA) is 42.5 Å². The Hall–Kier alpha value is -1.46. The molecule has 2 atom stereocenters. The Morgan fingerprint density at radius 1 is 0.571 bits per heavy atom. The second-order valence-electron chi connectivity index (χ2n) is 7.14. The van der Waals surface area contributed by atoms with Crippen LogP contribution in [0.15, 0.2) is 48.5 Å². The van der Waals surface area contributed by atoms with Crippen LogP contribution < -0.4 is 20.1 Å². The molecule has 2 unspecified atom stereocenters. The van der Waals surface area contributed by atoms with E-state index in [1.165, 1.54) is 11.1 Å². The first-order valence-corrected chi connectivity index (χ1v) is 9.24. The van der Waals surface area contributed by atoms with Gasteiger partial charge < -0.3 is 20.1 Å². The van der Waals surface area contributed by atoms with E-state index >= 15 is 0 Å². The monoisotopic (exact) mass is 428 g/mol. The second-order valence-corrected chi connectivity index (χ2v) is 7.14. The van der Waals surface area contributed by atoms with Crippen molar-refractivity contribution in [1.82, 2.24) is 10.6 Å². The molecule has 0 saturated heterocycles. The highest BCUT2D eigenvalue weighted by molar-refractivity contribution is 5.85. The van der Waals surface area contributed by atoms with Crippen LogP contribution in [0.2, 0.25) is 0 Å². The molecule has 0 amide bonds. The van der Waals surface area contributed by atoms with E-state index in [0.717, 1.165) is 11.5 Å². The Labute approximate surface area is 182 Å². The van der Waals surface area contributed by atoms with Gasteiger partial charge in [-0.15, -0.1) is 24.8 Å². The third-order valence-corrected chi connectivity index (χ3v) is 4.31. The number of benzene rings is 2. The summed E-state index contributed by atoms with van der Waals surface area (Å²) in [6, 6.07) is 17.6. The van der Waals surface area contributed by atoms with E-state index in [1.807, 2.05) is 24.3 Å². The summed E-state index contributed by atoms with van der Waals surface area (Å²) >= 11 is 0. The predicted octanol–water partition coefficient (Wildman–Crippen LogP) is 5.33. The lowest BCUT2D eigenvalue weighted by Gasteiger charge is -2.33. The molecule has 4 nitrogen and oxygen atoms in total. The van der Waals surface area contributed by atoms with Gasteiger partial charge in [0.1, 0.15) is 11.5 Å². The van der Waals surface area contributed by atoms with Crippen molar-refractivity contribution < 1.29 is 9.47 Å². The SMILES string of the molecule is COc1ccc(C(NC(C)C)C(NC(C)C)c2ccc(OC)cc2)cc1.Cl.Cl.